The van der Waals surface area contributed by atoms with Gasteiger partial charge >= 0.3 is 5.97 Å². The highest BCUT2D eigenvalue weighted by Gasteiger charge is 2.11. The first kappa shape index (κ1) is 14.1. The average Bonchev–Trinajstić information content (AvgIpc) is 2.49. The smallest absolute Gasteiger partial charge is 0.334 e. The molecular weight excluding hydrogens is 248 g/mol. The molecule has 0 radical (unpaired) electrons. The fourth-order valence-electron chi connectivity index (χ4n) is 1.97. The lowest BCUT2D eigenvalue weighted by atomic mass is 10.0. The third kappa shape index (κ3) is 4.09. The number of hydrogen-bond acceptors (Lipinski definition) is 2. The van der Waals surface area contributed by atoms with E-state index in [-0.39, 0.29) is 5.97 Å². The van der Waals surface area contributed by atoms with E-state index in [1.54, 1.807) is 0 Å². The summed E-state index contributed by atoms with van der Waals surface area (Å²) in [5.74, 6) is -0.250. The van der Waals surface area contributed by atoms with Crippen molar-refractivity contribution in [3.05, 3.63) is 77.4 Å². The van der Waals surface area contributed by atoms with E-state index in [1.807, 2.05) is 73.7 Å². The van der Waals surface area contributed by atoms with Crippen LogP contribution in [0, 0.1) is 0 Å². The molecule has 2 heteroatoms. The molecule has 0 fully saturated rings. The zero-order chi connectivity index (χ0) is 14.2. The molecule has 0 spiro atoms. The predicted octanol–water partition coefficient (Wildman–Crippen LogP) is 3.88. The van der Waals surface area contributed by atoms with Gasteiger partial charge < -0.3 is 4.74 Å². The Bertz CT molecular complexity index is 571. The van der Waals surface area contributed by atoms with E-state index < -0.39 is 0 Å². The normalized spacial score (nSPS) is 11.2. The minimum atomic E-state index is -0.250. The van der Waals surface area contributed by atoms with Gasteiger partial charge in [-0.25, -0.2) is 4.79 Å². The van der Waals surface area contributed by atoms with E-state index in [0.29, 0.717) is 18.6 Å². The Morgan fingerprint density at radius 3 is 2.20 bits per heavy atom. The van der Waals surface area contributed by atoms with Crippen molar-refractivity contribution in [1.82, 2.24) is 0 Å². The second-order valence-electron chi connectivity index (χ2n) is 4.46. The van der Waals surface area contributed by atoms with Crippen molar-refractivity contribution in [3.8, 4) is 0 Å². The van der Waals surface area contributed by atoms with Crippen molar-refractivity contribution in [3.63, 3.8) is 0 Å². The number of hydrogen-bond donors (Lipinski definition) is 0. The number of carbonyl (C=O) groups is 1. The predicted molar refractivity (Wildman–Crippen MR) is 81.2 cm³/mol. The van der Waals surface area contributed by atoms with Gasteiger partial charge in [-0.05, 0) is 24.1 Å². The van der Waals surface area contributed by atoms with Gasteiger partial charge in [0.05, 0.1) is 6.61 Å². The van der Waals surface area contributed by atoms with Crippen molar-refractivity contribution in [1.29, 1.82) is 0 Å². The van der Waals surface area contributed by atoms with Crippen molar-refractivity contribution in [2.75, 3.05) is 6.61 Å². The fraction of sp³-hybridized carbons (Fsp3) is 0.167. The molecule has 0 aromatic heterocycles. The van der Waals surface area contributed by atoms with Crippen LogP contribution in [0.15, 0.2) is 66.2 Å². The molecule has 0 amide bonds. The molecule has 2 rings (SSSR count). The van der Waals surface area contributed by atoms with Crippen LogP contribution in [0.2, 0.25) is 0 Å². The van der Waals surface area contributed by atoms with Crippen molar-refractivity contribution in [2.24, 2.45) is 0 Å². The summed E-state index contributed by atoms with van der Waals surface area (Å²) in [6.07, 6.45) is 2.47. The molecule has 0 atom stereocenters. The molecule has 0 N–H and O–H groups in total. The maximum atomic E-state index is 12.1. The second-order valence-corrected chi connectivity index (χ2v) is 4.46. The molecule has 0 unspecified atom stereocenters. The van der Waals surface area contributed by atoms with E-state index in [0.717, 1.165) is 11.1 Å². The summed E-state index contributed by atoms with van der Waals surface area (Å²) in [5, 5.41) is 0. The highest BCUT2D eigenvalue weighted by atomic mass is 16.5. The van der Waals surface area contributed by atoms with Crippen LogP contribution in [0.5, 0.6) is 0 Å². The van der Waals surface area contributed by atoms with Crippen molar-refractivity contribution in [2.45, 2.75) is 13.3 Å². The molecule has 0 aliphatic heterocycles. The molecule has 2 aromatic carbocycles. The lowest BCUT2D eigenvalue weighted by molar-refractivity contribution is -0.138. The van der Waals surface area contributed by atoms with Crippen LogP contribution < -0.4 is 0 Å². The molecule has 0 heterocycles. The first-order valence-corrected chi connectivity index (χ1v) is 6.76. The fourth-order valence-corrected chi connectivity index (χ4v) is 1.97. The van der Waals surface area contributed by atoms with Crippen LogP contribution >= 0.6 is 0 Å². The van der Waals surface area contributed by atoms with Gasteiger partial charge in [0.1, 0.15) is 0 Å². The Balaban J connectivity index is 2.25. The van der Waals surface area contributed by atoms with Crippen molar-refractivity contribution >= 4 is 12.0 Å². The Kier molecular flexibility index (Phi) is 5.13. The summed E-state index contributed by atoms with van der Waals surface area (Å²) < 4.78 is 5.14. The van der Waals surface area contributed by atoms with E-state index in [9.17, 15) is 4.79 Å². The van der Waals surface area contributed by atoms with Crippen LogP contribution in [-0.2, 0) is 16.0 Å². The van der Waals surface area contributed by atoms with Crippen LogP contribution in [0.4, 0.5) is 0 Å². The number of carbonyl (C=O) groups excluding carboxylic acids is 1. The quantitative estimate of drug-likeness (QED) is 0.606. The summed E-state index contributed by atoms with van der Waals surface area (Å²) in [5.41, 5.74) is 2.78. The van der Waals surface area contributed by atoms with Crippen LogP contribution in [0.25, 0.3) is 6.08 Å². The van der Waals surface area contributed by atoms with Crippen LogP contribution in [-0.4, -0.2) is 12.6 Å². The van der Waals surface area contributed by atoms with Gasteiger partial charge in [-0.2, -0.15) is 0 Å². The lowest BCUT2D eigenvalue weighted by Crippen LogP contribution is -2.09. The zero-order valence-electron chi connectivity index (χ0n) is 11.6. The van der Waals surface area contributed by atoms with E-state index in [1.165, 1.54) is 0 Å². The SMILES string of the molecule is CCOC(=O)/C(=C/c1ccccc1)Cc1ccccc1. The molecule has 20 heavy (non-hydrogen) atoms. The maximum Gasteiger partial charge on any atom is 0.334 e. The molecule has 0 saturated carbocycles. The van der Waals surface area contributed by atoms with Crippen LogP contribution in [0.1, 0.15) is 18.1 Å². The highest BCUT2D eigenvalue weighted by Crippen LogP contribution is 2.14. The summed E-state index contributed by atoms with van der Waals surface area (Å²) in [7, 11) is 0. The summed E-state index contributed by atoms with van der Waals surface area (Å²) in [6.45, 7) is 2.21. The lowest BCUT2D eigenvalue weighted by Gasteiger charge is -2.07. The molecule has 102 valence electrons. The van der Waals surface area contributed by atoms with E-state index >= 15 is 0 Å². The molecule has 0 saturated heterocycles. The van der Waals surface area contributed by atoms with Gasteiger partial charge in [-0.1, -0.05) is 60.7 Å². The molecule has 2 nitrogen and oxygen atoms in total. The third-order valence-electron chi connectivity index (χ3n) is 2.92. The Labute approximate surface area is 119 Å². The Morgan fingerprint density at radius 1 is 1.00 bits per heavy atom. The second kappa shape index (κ2) is 7.29. The first-order valence-electron chi connectivity index (χ1n) is 6.76. The zero-order valence-corrected chi connectivity index (χ0v) is 11.6. The maximum absolute atomic E-state index is 12.1. The first-order chi connectivity index (χ1) is 9.79. The highest BCUT2D eigenvalue weighted by molar-refractivity contribution is 5.94. The molecule has 0 aliphatic carbocycles. The minimum absolute atomic E-state index is 0.250. The Hall–Kier alpha value is -2.35. The summed E-state index contributed by atoms with van der Waals surface area (Å²) >= 11 is 0. The molecule has 0 aliphatic rings. The van der Waals surface area contributed by atoms with Gasteiger partial charge in [0.25, 0.3) is 0 Å². The van der Waals surface area contributed by atoms with E-state index in [4.69, 9.17) is 4.74 Å². The van der Waals surface area contributed by atoms with Gasteiger partial charge in [-0.15, -0.1) is 0 Å². The standard InChI is InChI=1S/C18H18O2/c1-2-20-18(19)17(13-15-9-5-3-6-10-15)14-16-11-7-4-8-12-16/h3-13H,2,14H2,1H3/b17-13+. The monoisotopic (exact) mass is 266 g/mol. The third-order valence-corrected chi connectivity index (χ3v) is 2.92. The number of esters is 1. The summed E-state index contributed by atoms with van der Waals surface area (Å²) in [4.78, 5) is 12.1. The van der Waals surface area contributed by atoms with Gasteiger partial charge in [0, 0.05) is 12.0 Å². The average molecular weight is 266 g/mol. The number of ether oxygens (including phenoxy) is 1. The number of benzene rings is 2. The van der Waals surface area contributed by atoms with Gasteiger partial charge in [0.2, 0.25) is 0 Å². The van der Waals surface area contributed by atoms with E-state index in [2.05, 4.69) is 0 Å². The van der Waals surface area contributed by atoms with Gasteiger partial charge in [0.15, 0.2) is 0 Å². The minimum Gasteiger partial charge on any atom is -0.463 e. The van der Waals surface area contributed by atoms with Crippen molar-refractivity contribution < 1.29 is 9.53 Å². The molecule has 2 aromatic rings. The molecular formula is C18H18O2. The largest absolute Gasteiger partial charge is 0.463 e. The Morgan fingerprint density at radius 2 is 1.60 bits per heavy atom. The topological polar surface area (TPSA) is 26.3 Å². The molecule has 0 bridgehead atoms. The summed E-state index contributed by atoms with van der Waals surface area (Å²) in [6, 6.07) is 19.8. The van der Waals surface area contributed by atoms with Gasteiger partial charge in [-0.3, -0.25) is 0 Å². The van der Waals surface area contributed by atoms with Crippen LogP contribution in [0.3, 0.4) is 0 Å². The number of rotatable bonds is 5.